The number of rotatable bonds is 10. The summed E-state index contributed by atoms with van der Waals surface area (Å²) in [5.41, 5.74) is 2.12. The predicted molar refractivity (Wildman–Crippen MR) is 148 cm³/mol. The van der Waals surface area contributed by atoms with E-state index in [-0.39, 0.29) is 22.8 Å². The van der Waals surface area contributed by atoms with Crippen molar-refractivity contribution in [3.63, 3.8) is 0 Å². The first-order chi connectivity index (χ1) is 17.5. The van der Waals surface area contributed by atoms with Gasteiger partial charge in [0.25, 0.3) is 5.56 Å². The van der Waals surface area contributed by atoms with E-state index in [9.17, 15) is 9.59 Å². The highest BCUT2D eigenvalue weighted by Gasteiger charge is 2.29. The Morgan fingerprint density at radius 1 is 1.11 bits per heavy atom. The molecule has 0 radical (unpaired) electrons. The zero-order valence-electron chi connectivity index (χ0n) is 23.5. The maximum Gasteiger partial charge on any atom is 0.266 e. The van der Waals surface area contributed by atoms with Gasteiger partial charge in [0.2, 0.25) is 5.91 Å². The monoisotopic (exact) mass is 507 g/mol. The quantitative estimate of drug-likeness (QED) is 0.352. The van der Waals surface area contributed by atoms with Crippen LogP contribution in [-0.2, 0) is 9.53 Å². The zero-order chi connectivity index (χ0) is 27.3. The molecule has 2 aromatic carbocycles. The molecule has 0 aliphatic heterocycles. The Morgan fingerprint density at radius 3 is 2.46 bits per heavy atom. The second-order valence-corrected chi connectivity index (χ2v) is 11.1. The van der Waals surface area contributed by atoms with Crippen molar-refractivity contribution in [1.82, 2.24) is 14.5 Å². The molecule has 1 amide bonds. The molecule has 2 atom stereocenters. The van der Waals surface area contributed by atoms with Gasteiger partial charge in [0, 0.05) is 20.1 Å². The van der Waals surface area contributed by atoms with Gasteiger partial charge in [-0.1, -0.05) is 45.9 Å². The maximum atomic E-state index is 13.9. The number of methoxy groups -OCH3 is 2. The van der Waals surface area contributed by atoms with E-state index in [0.717, 1.165) is 12.0 Å². The summed E-state index contributed by atoms with van der Waals surface area (Å²) < 4.78 is 12.6. The van der Waals surface area contributed by atoms with Crippen LogP contribution in [0.25, 0.3) is 16.6 Å². The van der Waals surface area contributed by atoms with Crippen LogP contribution in [0.15, 0.2) is 47.3 Å². The van der Waals surface area contributed by atoms with Crippen molar-refractivity contribution in [2.45, 2.75) is 60.4 Å². The molecule has 7 heteroatoms. The van der Waals surface area contributed by atoms with E-state index in [2.05, 4.69) is 27.7 Å². The summed E-state index contributed by atoms with van der Waals surface area (Å²) >= 11 is 0. The molecule has 1 aromatic heterocycles. The predicted octanol–water partition coefficient (Wildman–Crippen LogP) is 5.70. The van der Waals surface area contributed by atoms with Crippen molar-refractivity contribution in [2.24, 2.45) is 11.3 Å². The summed E-state index contributed by atoms with van der Waals surface area (Å²) in [4.78, 5) is 34.3. The molecule has 0 saturated carbocycles. The number of aryl methyl sites for hydroxylation is 1. The number of aromatic nitrogens is 2. The number of nitrogens with zero attached hydrogens (tertiary/aromatic N) is 3. The minimum absolute atomic E-state index is 0.0199. The Labute approximate surface area is 220 Å². The van der Waals surface area contributed by atoms with Crippen LogP contribution in [0.4, 0.5) is 0 Å². The van der Waals surface area contributed by atoms with Gasteiger partial charge in [0.05, 0.1) is 36.3 Å². The highest BCUT2D eigenvalue weighted by Crippen LogP contribution is 2.30. The molecule has 0 fully saturated rings. The molecule has 200 valence electrons. The first kappa shape index (κ1) is 28.4. The number of ether oxygens (including phenoxy) is 2. The molecular formula is C30H41N3O4. The van der Waals surface area contributed by atoms with Gasteiger partial charge < -0.3 is 14.4 Å². The van der Waals surface area contributed by atoms with Gasteiger partial charge in [-0.15, -0.1) is 0 Å². The third kappa shape index (κ3) is 6.77. The van der Waals surface area contributed by atoms with Gasteiger partial charge in [0.1, 0.15) is 11.6 Å². The van der Waals surface area contributed by atoms with E-state index >= 15 is 0 Å². The minimum Gasteiger partial charge on any atom is -0.495 e. The smallest absolute Gasteiger partial charge is 0.266 e. The molecular weight excluding hydrogens is 466 g/mol. The third-order valence-electron chi connectivity index (χ3n) is 6.56. The molecule has 0 saturated heterocycles. The third-order valence-corrected chi connectivity index (χ3v) is 6.56. The van der Waals surface area contributed by atoms with E-state index in [1.54, 1.807) is 29.8 Å². The lowest BCUT2D eigenvalue weighted by Crippen LogP contribution is -2.40. The Bertz CT molecular complexity index is 1290. The molecule has 0 spiro atoms. The fourth-order valence-electron chi connectivity index (χ4n) is 5.03. The molecule has 3 aromatic rings. The first-order valence-electron chi connectivity index (χ1n) is 12.9. The Morgan fingerprint density at radius 2 is 1.81 bits per heavy atom. The van der Waals surface area contributed by atoms with Crippen molar-refractivity contribution < 1.29 is 14.3 Å². The van der Waals surface area contributed by atoms with Crippen molar-refractivity contribution in [3.05, 3.63) is 64.2 Å². The fraction of sp³-hybridized carbons (Fsp3) is 0.500. The van der Waals surface area contributed by atoms with E-state index in [1.165, 1.54) is 0 Å². The number of carbonyl (C=O) groups excluding carboxylic acids is 1. The average molecular weight is 508 g/mol. The number of hydrogen-bond donors (Lipinski definition) is 0. The molecule has 0 aliphatic rings. The number of carbonyl (C=O) groups is 1. The van der Waals surface area contributed by atoms with Gasteiger partial charge in [-0.2, -0.15) is 0 Å². The van der Waals surface area contributed by atoms with Crippen LogP contribution in [0.5, 0.6) is 5.75 Å². The number of hydrogen-bond acceptors (Lipinski definition) is 5. The lowest BCUT2D eigenvalue weighted by atomic mass is 9.84. The number of fused-ring (bicyclic) bond motifs is 1. The van der Waals surface area contributed by atoms with Crippen molar-refractivity contribution in [3.8, 4) is 11.4 Å². The second kappa shape index (κ2) is 11.9. The van der Waals surface area contributed by atoms with Crippen molar-refractivity contribution >= 4 is 16.8 Å². The summed E-state index contributed by atoms with van der Waals surface area (Å²) in [5, 5.41) is 0.510. The van der Waals surface area contributed by atoms with Gasteiger partial charge in [0.15, 0.2) is 0 Å². The van der Waals surface area contributed by atoms with Gasteiger partial charge in [-0.25, -0.2) is 4.98 Å². The van der Waals surface area contributed by atoms with Gasteiger partial charge >= 0.3 is 0 Å². The van der Waals surface area contributed by atoms with Crippen LogP contribution in [0, 0.1) is 18.3 Å². The van der Waals surface area contributed by atoms with Crippen LogP contribution in [0.2, 0.25) is 0 Å². The summed E-state index contributed by atoms with van der Waals surface area (Å²) in [6.45, 7) is 13.4. The number of amides is 1. The molecule has 2 unspecified atom stereocenters. The Balaban J connectivity index is 2.17. The van der Waals surface area contributed by atoms with E-state index in [4.69, 9.17) is 14.5 Å². The van der Waals surface area contributed by atoms with E-state index < -0.39 is 6.04 Å². The molecule has 0 N–H and O–H groups in total. The lowest BCUT2D eigenvalue weighted by Gasteiger charge is -2.32. The maximum absolute atomic E-state index is 13.9. The van der Waals surface area contributed by atoms with Gasteiger partial charge in [-0.05, 0) is 61.4 Å². The second-order valence-electron chi connectivity index (χ2n) is 11.1. The summed E-state index contributed by atoms with van der Waals surface area (Å²) in [6, 6.07) is 12.5. The molecule has 0 aliphatic carbocycles. The van der Waals surface area contributed by atoms with Crippen LogP contribution in [0.3, 0.4) is 0 Å². The van der Waals surface area contributed by atoms with Crippen LogP contribution >= 0.6 is 0 Å². The largest absolute Gasteiger partial charge is 0.495 e. The van der Waals surface area contributed by atoms with Crippen molar-refractivity contribution in [2.75, 3.05) is 27.4 Å². The average Bonchev–Trinajstić information content (AvgIpc) is 2.82. The van der Waals surface area contributed by atoms with E-state index in [1.807, 2.05) is 50.2 Å². The number of benzene rings is 2. The van der Waals surface area contributed by atoms with Crippen LogP contribution in [-0.4, -0.2) is 47.7 Å². The SMILES string of the molecule is COCCN(C(=O)CC(C)CC(C)(C)C)C(C)c1nc2ccccc2c(=O)n1-c1cc(C)ccc1OC. The summed E-state index contributed by atoms with van der Waals surface area (Å²) in [7, 11) is 3.21. The molecule has 3 rings (SSSR count). The van der Waals surface area contributed by atoms with E-state index in [0.29, 0.717) is 47.7 Å². The Kier molecular flexibility index (Phi) is 9.13. The molecule has 37 heavy (non-hydrogen) atoms. The molecule has 0 bridgehead atoms. The summed E-state index contributed by atoms with van der Waals surface area (Å²) in [5.74, 6) is 1.28. The van der Waals surface area contributed by atoms with Gasteiger partial charge in [-0.3, -0.25) is 14.2 Å². The fourth-order valence-corrected chi connectivity index (χ4v) is 5.03. The molecule has 1 heterocycles. The molecule has 7 nitrogen and oxygen atoms in total. The Hall–Kier alpha value is -3.19. The lowest BCUT2D eigenvalue weighted by molar-refractivity contribution is -0.135. The number of para-hydroxylation sites is 1. The normalized spacial score (nSPS) is 13.4. The highest BCUT2D eigenvalue weighted by atomic mass is 16.5. The van der Waals surface area contributed by atoms with Crippen LogP contribution in [0.1, 0.15) is 64.9 Å². The van der Waals surface area contributed by atoms with Crippen LogP contribution < -0.4 is 10.3 Å². The zero-order valence-corrected chi connectivity index (χ0v) is 23.5. The standard InChI is InChI=1S/C30H41N3O4/c1-20-13-14-26(37-8)25(17-20)33-28(31-24-12-10-9-11-23(24)29(33)35)22(3)32(15-16-36-7)27(34)18-21(2)19-30(4,5)6/h9-14,17,21-22H,15-16,18-19H2,1-8H3. The highest BCUT2D eigenvalue weighted by molar-refractivity contribution is 5.79. The first-order valence-corrected chi connectivity index (χ1v) is 12.9. The topological polar surface area (TPSA) is 73.7 Å². The van der Waals surface area contributed by atoms with Crippen molar-refractivity contribution in [1.29, 1.82) is 0 Å². The summed E-state index contributed by atoms with van der Waals surface area (Å²) in [6.07, 6.45) is 1.35. The minimum atomic E-state index is -0.480.